The summed E-state index contributed by atoms with van der Waals surface area (Å²) in [5.41, 5.74) is 0.255. The Hall–Kier alpha value is -1.73. The van der Waals surface area contributed by atoms with Crippen LogP contribution in [0.5, 0.6) is 5.75 Å². The molecule has 1 aromatic carbocycles. The Balaban J connectivity index is 2.06. The molecule has 0 spiro atoms. The van der Waals surface area contributed by atoms with E-state index in [1.165, 1.54) is 0 Å². The van der Waals surface area contributed by atoms with Gasteiger partial charge in [-0.05, 0) is 31.9 Å². The summed E-state index contributed by atoms with van der Waals surface area (Å²) in [6.45, 7) is 1.65. The highest BCUT2D eigenvalue weighted by atomic mass is 35.5. The second kappa shape index (κ2) is 5.28. The van der Waals surface area contributed by atoms with Crippen LogP contribution >= 0.6 is 11.6 Å². The van der Waals surface area contributed by atoms with Crippen LogP contribution in [0.2, 0.25) is 5.02 Å². The lowest BCUT2D eigenvalue weighted by Gasteiger charge is -2.15. The van der Waals surface area contributed by atoms with Gasteiger partial charge in [0.05, 0.1) is 5.02 Å². The van der Waals surface area contributed by atoms with Crippen LogP contribution in [0.1, 0.15) is 25.3 Å². The van der Waals surface area contributed by atoms with Gasteiger partial charge >= 0.3 is 0 Å². The zero-order chi connectivity index (χ0) is 13.1. The van der Waals surface area contributed by atoms with Gasteiger partial charge in [0.1, 0.15) is 17.4 Å². The van der Waals surface area contributed by atoms with Crippen molar-refractivity contribution in [2.24, 2.45) is 0 Å². The van der Waals surface area contributed by atoms with E-state index in [-0.39, 0.29) is 11.5 Å². The molecule has 1 unspecified atom stereocenters. The summed E-state index contributed by atoms with van der Waals surface area (Å²) < 4.78 is 5.49. The summed E-state index contributed by atoms with van der Waals surface area (Å²) in [5, 5.41) is 12.2. The number of hydrogen-bond donors (Lipinski definition) is 1. The lowest BCUT2D eigenvalue weighted by atomic mass is 10.2. The first-order valence-corrected chi connectivity index (χ1v) is 6.15. The number of ether oxygens (including phenoxy) is 1. The van der Waals surface area contributed by atoms with E-state index in [0.29, 0.717) is 16.8 Å². The highest BCUT2D eigenvalue weighted by Crippen LogP contribution is 2.26. The lowest BCUT2D eigenvalue weighted by molar-refractivity contribution is -0.127. The molecule has 1 aliphatic rings. The molecule has 0 radical (unpaired) electrons. The number of carbonyl (C=O) groups is 1. The monoisotopic (exact) mass is 264 g/mol. The van der Waals surface area contributed by atoms with Crippen LogP contribution in [0, 0.1) is 11.3 Å². The van der Waals surface area contributed by atoms with E-state index in [0.717, 1.165) is 12.8 Å². The highest BCUT2D eigenvalue weighted by molar-refractivity contribution is 6.31. The molecule has 5 heteroatoms. The fourth-order valence-corrected chi connectivity index (χ4v) is 1.71. The van der Waals surface area contributed by atoms with Crippen molar-refractivity contribution in [3.8, 4) is 11.8 Å². The summed E-state index contributed by atoms with van der Waals surface area (Å²) >= 11 is 5.88. The van der Waals surface area contributed by atoms with Crippen molar-refractivity contribution in [2.75, 3.05) is 0 Å². The van der Waals surface area contributed by atoms with Crippen LogP contribution < -0.4 is 10.1 Å². The van der Waals surface area contributed by atoms with E-state index >= 15 is 0 Å². The predicted octanol–water partition coefficient (Wildman–Crippen LogP) is 2.26. The zero-order valence-electron chi connectivity index (χ0n) is 9.94. The van der Waals surface area contributed by atoms with Gasteiger partial charge in [0.15, 0.2) is 6.10 Å². The molecule has 1 N–H and O–H groups in total. The van der Waals surface area contributed by atoms with Crippen LogP contribution in [0.4, 0.5) is 0 Å². The summed E-state index contributed by atoms with van der Waals surface area (Å²) in [5.74, 6) is 0.171. The van der Waals surface area contributed by atoms with Gasteiger partial charge in [-0.1, -0.05) is 17.7 Å². The molecule has 1 aliphatic carbocycles. The summed E-state index contributed by atoms with van der Waals surface area (Å²) in [6, 6.07) is 7.19. The fourth-order valence-electron chi connectivity index (χ4n) is 1.50. The highest BCUT2D eigenvalue weighted by Gasteiger charge is 2.26. The maximum atomic E-state index is 11.7. The van der Waals surface area contributed by atoms with Gasteiger partial charge in [-0.3, -0.25) is 4.79 Å². The first-order chi connectivity index (χ1) is 8.61. The van der Waals surface area contributed by atoms with Crippen LogP contribution in [-0.2, 0) is 4.79 Å². The van der Waals surface area contributed by atoms with E-state index in [1.807, 2.05) is 6.07 Å². The first kappa shape index (κ1) is 12.7. The largest absolute Gasteiger partial charge is 0.479 e. The number of halogens is 1. The normalized spacial score (nSPS) is 15.6. The molecule has 0 aromatic heterocycles. The molecule has 1 fully saturated rings. The van der Waals surface area contributed by atoms with Crippen LogP contribution in [0.3, 0.4) is 0 Å². The number of rotatable bonds is 4. The molecule has 18 heavy (non-hydrogen) atoms. The van der Waals surface area contributed by atoms with Crippen molar-refractivity contribution < 1.29 is 9.53 Å². The minimum atomic E-state index is -0.642. The minimum Gasteiger partial charge on any atom is -0.479 e. The van der Waals surface area contributed by atoms with Gasteiger partial charge < -0.3 is 10.1 Å². The Morgan fingerprint density at radius 3 is 2.94 bits per heavy atom. The molecule has 1 saturated carbocycles. The third kappa shape index (κ3) is 2.93. The van der Waals surface area contributed by atoms with Crippen molar-refractivity contribution in [1.82, 2.24) is 5.32 Å². The molecule has 0 bridgehead atoms. The SMILES string of the molecule is CC(Oc1cccc(Cl)c1C#N)C(=O)NC1CC1. The number of nitrogens with zero attached hydrogens (tertiary/aromatic N) is 1. The molecule has 94 valence electrons. The number of hydrogen-bond acceptors (Lipinski definition) is 3. The standard InChI is InChI=1S/C13H13ClN2O2/c1-8(13(17)16-9-5-6-9)18-12-4-2-3-11(14)10(12)7-15/h2-4,8-9H,5-6H2,1H3,(H,16,17). The molecule has 0 saturated heterocycles. The van der Waals surface area contributed by atoms with Gasteiger partial charge in [-0.2, -0.15) is 5.26 Å². The molecular weight excluding hydrogens is 252 g/mol. The topological polar surface area (TPSA) is 62.1 Å². The third-order valence-electron chi connectivity index (χ3n) is 2.68. The molecule has 1 atom stereocenters. The molecule has 1 aromatic rings. The first-order valence-electron chi connectivity index (χ1n) is 5.77. The Morgan fingerprint density at radius 1 is 1.61 bits per heavy atom. The molecular formula is C13H13ClN2O2. The van der Waals surface area contributed by atoms with Crippen molar-refractivity contribution in [2.45, 2.75) is 31.9 Å². The molecule has 0 aliphatic heterocycles. The summed E-state index contributed by atoms with van der Waals surface area (Å²) in [6.07, 6.45) is 1.41. The van der Waals surface area contributed by atoms with E-state index in [1.54, 1.807) is 25.1 Å². The second-order valence-electron chi connectivity index (χ2n) is 4.27. The van der Waals surface area contributed by atoms with E-state index < -0.39 is 6.10 Å². The average molecular weight is 265 g/mol. The Bertz CT molecular complexity index is 506. The smallest absolute Gasteiger partial charge is 0.260 e. The molecule has 0 heterocycles. The van der Waals surface area contributed by atoms with Crippen molar-refractivity contribution in [3.63, 3.8) is 0 Å². The number of nitriles is 1. The Morgan fingerprint density at radius 2 is 2.33 bits per heavy atom. The predicted molar refractivity (Wildman–Crippen MR) is 67.4 cm³/mol. The quantitative estimate of drug-likeness (QED) is 0.907. The molecule has 4 nitrogen and oxygen atoms in total. The summed E-state index contributed by atoms with van der Waals surface area (Å²) in [7, 11) is 0. The maximum Gasteiger partial charge on any atom is 0.260 e. The number of benzene rings is 1. The van der Waals surface area contributed by atoms with Gasteiger partial charge in [0, 0.05) is 6.04 Å². The van der Waals surface area contributed by atoms with E-state index in [4.69, 9.17) is 21.6 Å². The van der Waals surface area contributed by atoms with Gasteiger partial charge in [0.25, 0.3) is 5.91 Å². The number of amides is 1. The van der Waals surface area contributed by atoms with E-state index in [2.05, 4.69) is 5.32 Å². The second-order valence-corrected chi connectivity index (χ2v) is 4.67. The van der Waals surface area contributed by atoms with Crippen molar-refractivity contribution >= 4 is 17.5 Å². The molecule has 2 rings (SSSR count). The van der Waals surface area contributed by atoms with Crippen molar-refractivity contribution in [1.29, 1.82) is 5.26 Å². The lowest BCUT2D eigenvalue weighted by Crippen LogP contribution is -2.37. The average Bonchev–Trinajstić information content (AvgIpc) is 3.13. The minimum absolute atomic E-state index is 0.165. The van der Waals surface area contributed by atoms with E-state index in [9.17, 15) is 4.79 Å². The van der Waals surface area contributed by atoms with Crippen LogP contribution in [0.25, 0.3) is 0 Å². The molecule has 1 amide bonds. The fraction of sp³-hybridized carbons (Fsp3) is 0.385. The third-order valence-corrected chi connectivity index (χ3v) is 3.00. The Kier molecular flexibility index (Phi) is 3.73. The zero-order valence-corrected chi connectivity index (χ0v) is 10.7. The van der Waals surface area contributed by atoms with Crippen LogP contribution in [-0.4, -0.2) is 18.1 Å². The number of carbonyl (C=O) groups excluding carboxylic acids is 1. The number of nitrogens with one attached hydrogen (secondary N) is 1. The Labute approximate surface area is 111 Å². The van der Waals surface area contributed by atoms with Crippen molar-refractivity contribution in [3.05, 3.63) is 28.8 Å². The van der Waals surface area contributed by atoms with Gasteiger partial charge in [-0.25, -0.2) is 0 Å². The van der Waals surface area contributed by atoms with Crippen LogP contribution in [0.15, 0.2) is 18.2 Å². The van der Waals surface area contributed by atoms with Gasteiger partial charge in [0.2, 0.25) is 0 Å². The summed E-state index contributed by atoms with van der Waals surface area (Å²) in [4.78, 5) is 11.7. The van der Waals surface area contributed by atoms with Gasteiger partial charge in [-0.15, -0.1) is 0 Å². The maximum absolute atomic E-state index is 11.7.